The molecule has 0 spiro atoms. The number of hydrogen-bond acceptors (Lipinski definition) is 7. The minimum Gasteiger partial charge on any atom is -0.478 e. The van der Waals surface area contributed by atoms with Crippen LogP contribution in [0.25, 0.3) is 0 Å². The number of aryl methyl sites for hydroxylation is 6. The lowest BCUT2D eigenvalue weighted by atomic mass is 9.98. The Labute approximate surface area is 337 Å². The number of benzene rings is 4. The summed E-state index contributed by atoms with van der Waals surface area (Å²) in [4.78, 5) is 47.3. The fourth-order valence-corrected chi connectivity index (χ4v) is 6.37. The van der Waals surface area contributed by atoms with E-state index in [1.807, 2.05) is 76.2 Å². The first-order valence-electron chi connectivity index (χ1n) is 17.6. The van der Waals surface area contributed by atoms with Gasteiger partial charge in [0.15, 0.2) is 22.8 Å². The number of Topliss-reactive ketones (excluding diaryl/α,β-unsaturated/α-hetero) is 2. The summed E-state index contributed by atoms with van der Waals surface area (Å²) in [6.07, 6.45) is 1.69. The van der Waals surface area contributed by atoms with E-state index in [1.165, 1.54) is 52.0 Å². The molecule has 0 amide bonds. The molecule has 0 fully saturated rings. The van der Waals surface area contributed by atoms with Crippen LogP contribution in [0.15, 0.2) is 82.2 Å². The molecule has 56 heavy (non-hydrogen) atoms. The van der Waals surface area contributed by atoms with Crippen molar-refractivity contribution in [2.24, 2.45) is 0 Å². The zero-order valence-electron chi connectivity index (χ0n) is 32.5. The van der Waals surface area contributed by atoms with Crippen molar-refractivity contribution in [2.45, 2.75) is 103 Å². The third-order valence-corrected chi connectivity index (χ3v) is 9.91. The molecule has 0 aliphatic rings. The summed E-state index contributed by atoms with van der Waals surface area (Å²) in [6, 6.07) is 20.3. The quantitative estimate of drug-likeness (QED) is 0.0887. The Balaban J connectivity index is 0.000000303. The number of alkyl halides is 3. The van der Waals surface area contributed by atoms with Crippen molar-refractivity contribution in [3.63, 3.8) is 0 Å². The Morgan fingerprint density at radius 1 is 0.607 bits per heavy atom. The summed E-state index contributed by atoms with van der Waals surface area (Å²) in [5.74, 6) is -1.08. The van der Waals surface area contributed by atoms with Crippen molar-refractivity contribution < 1.29 is 52.0 Å². The highest BCUT2D eigenvalue weighted by atomic mass is 79.9. The molecule has 4 rings (SSSR count). The number of thioether (sulfide) groups is 1. The molecule has 0 atom stereocenters. The van der Waals surface area contributed by atoms with Gasteiger partial charge in [-0.2, -0.15) is 13.2 Å². The summed E-state index contributed by atoms with van der Waals surface area (Å²) in [7, 11) is 0. The van der Waals surface area contributed by atoms with Crippen molar-refractivity contribution >= 4 is 51.2 Å². The van der Waals surface area contributed by atoms with Crippen LogP contribution in [-0.4, -0.2) is 50.4 Å². The molecule has 0 bridgehead atoms. The maximum absolute atomic E-state index is 12.4. The van der Waals surface area contributed by atoms with E-state index in [-0.39, 0.29) is 34.6 Å². The van der Waals surface area contributed by atoms with E-state index < -0.39 is 28.6 Å². The fourth-order valence-electron chi connectivity index (χ4n) is 5.57. The predicted molar refractivity (Wildman–Crippen MR) is 214 cm³/mol. The first kappa shape index (κ1) is 45.8. The molecule has 0 aromatic heterocycles. The SMILES string of the molecule is Cc1cc(CCC(=O)c2ccc(Br)cc2)cc(C)c1OC(C)(C)C(=O)O.Cc1cc(CCC(=O)c2ccc(SC(F)(F)F)cc2)cc(C)c1OC(C)(C)C(=O)O. The van der Waals surface area contributed by atoms with Gasteiger partial charge in [-0.25, -0.2) is 9.59 Å². The van der Waals surface area contributed by atoms with Crippen LogP contribution in [0.1, 0.15) is 94.6 Å². The zero-order chi connectivity index (χ0) is 42.2. The summed E-state index contributed by atoms with van der Waals surface area (Å²) in [5, 5.41) is 18.5. The molecule has 0 aliphatic heterocycles. The van der Waals surface area contributed by atoms with Crippen LogP contribution in [-0.2, 0) is 22.4 Å². The first-order chi connectivity index (χ1) is 25.9. The van der Waals surface area contributed by atoms with Crippen LogP contribution < -0.4 is 9.47 Å². The normalized spacial score (nSPS) is 11.6. The van der Waals surface area contributed by atoms with E-state index in [9.17, 15) is 42.6 Å². The monoisotopic (exact) mass is 858 g/mol. The van der Waals surface area contributed by atoms with Gasteiger partial charge < -0.3 is 19.7 Å². The lowest BCUT2D eigenvalue weighted by molar-refractivity contribution is -0.152. The third kappa shape index (κ3) is 13.5. The summed E-state index contributed by atoms with van der Waals surface area (Å²) < 4.78 is 49.5. The second-order valence-electron chi connectivity index (χ2n) is 14.4. The predicted octanol–water partition coefficient (Wildman–Crippen LogP) is 11.1. The van der Waals surface area contributed by atoms with Gasteiger partial charge in [0.2, 0.25) is 0 Å². The van der Waals surface area contributed by atoms with Crippen molar-refractivity contribution in [3.8, 4) is 11.5 Å². The highest BCUT2D eigenvalue weighted by molar-refractivity contribution is 9.10. The van der Waals surface area contributed by atoms with Gasteiger partial charge in [0.05, 0.1) is 0 Å². The largest absolute Gasteiger partial charge is 0.478 e. The van der Waals surface area contributed by atoms with Crippen LogP contribution in [0, 0.1) is 27.7 Å². The van der Waals surface area contributed by atoms with Crippen LogP contribution in [0.4, 0.5) is 13.2 Å². The molecule has 0 saturated carbocycles. The minimum absolute atomic E-state index is 0.0326. The second-order valence-corrected chi connectivity index (χ2v) is 16.4. The van der Waals surface area contributed by atoms with Crippen LogP contribution in [0.2, 0.25) is 0 Å². The van der Waals surface area contributed by atoms with Crippen LogP contribution >= 0.6 is 27.7 Å². The van der Waals surface area contributed by atoms with Gasteiger partial charge in [0.25, 0.3) is 0 Å². The number of ether oxygens (including phenoxy) is 2. The number of halogens is 4. The Hall–Kier alpha value is -4.62. The average Bonchev–Trinajstić information content (AvgIpc) is 3.09. The molecule has 0 heterocycles. The number of carbonyl (C=O) groups excluding carboxylic acids is 2. The van der Waals surface area contributed by atoms with E-state index >= 15 is 0 Å². The summed E-state index contributed by atoms with van der Waals surface area (Å²) in [5.41, 5.74) is -0.789. The lowest BCUT2D eigenvalue weighted by Gasteiger charge is -2.24. The maximum Gasteiger partial charge on any atom is 0.446 e. The lowest BCUT2D eigenvalue weighted by Crippen LogP contribution is -2.38. The number of hydrogen-bond donors (Lipinski definition) is 2. The zero-order valence-corrected chi connectivity index (χ0v) is 34.9. The van der Waals surface area contributed by atoms with E-state index in [1.54, 1.807) is 0 Å². The summed E-state index contributed by atoms with van der Waals surface area (Å²) in [6.45, 7) is 13.4. The van der Waals surface area contributed by atoms with Crippen molar-refractivity contribution in [1.29, 1.82) is 0 Å². The fraction of sp³-hybridized carbons (Fsp3) is 0.349. The molecule has 0 aliphatic carbocycles. The van der Waals surface area contributed by atoms with E-state index in [0.29, 0.717) is 41.9 Å². The van der Waals surface area contributed by atoms with Gasteiger partial charge in [0.1, 0.15) is 11.5 Å². The molecule has 13 heteroatoms. The maximum atomic E-state index is 12.4. The highest BCUT2D eigenvalue weighted by Crippen LogP contribution is 2.37. The Morgan fingerprint density at radius 3 is 1.23 bits per heavy atom. The molecule has 4 aromatic carbocycles. The number of ketones is 2. The van der Waals surface area contributed by atoms with Crippen molar-refractivity contribution in [1.82, 2.24) is 0 Å². The molecular weight excluding hydrogens is 813 g/mol. The average molecular weight is 860 g/mol. The molecular formula is C43H46BrF3O8S. The number of carboxylic acid groups (broad SMARTS) is 2. The standard InChI is InChI=1S/C22H23F3O4S.C21H23BrO4/c1-13-11-15(12-14(2)19(13)29-21(3,4)20(27)28)5-10-18(26)16-6-8-17(9-7-16)30-22(23,24)25;1-13-11-15(5-10-18(23)16-6-8-17(22)9-7-16)12-14(2)19(13)26-21(3,4)20(24)25/h6-9,11-12H,5,10H2,1-4H3,(H,27,28);6-9,11-12H,5,10H2,1-4H3,(H,24,25). The van der Waals surface area contributed by atoms with Gasteiger partial charge in [-0.1, -0.05) is 64.5 Å². The molecule has 0 unspecified atom stereocenters. The summed E-state index contributed by atoms with van der Waals surface area (Å²) >= 11 is 3.14. The van der Waals surface area contributed by atoms with Crippen LogP contribution in [0.5, 0.6) is 11.5 Å². The van der Waals surface area contributed by atoms with Crippen molar-refractivity contribution in [3.05, 3.63) is 122 Å². The Bertz CT molecular complexity index is 2010. The van der Waals surface area contributed by atoms with E-state index in [0.717, 1.165) is 37.9 Å². The molecule has 0 saturated heterocycles. The molecule has 300 valence electrons. The Morgan fingerprint density at radius 2 is 0.929 bits per heavy atom. The van der Waals surface area contributed by atoms with E-state index in [4.69, 9.17) is 9.47 Å². The van der Waals surface area contributed by atoms with Gasteiger partial charge in [0, 0.05) is 33.3 Å². The van der Waals surface area contributed by atoms with Crippen molar-refractivity contribution in [2.75, 3.05) is 0 Å². The van der Waals surface area contributed by atoms with Gasteiger partial charge in [-0.15, -0.1) is 0 Å². The Kier molecular flexibility index (Phi) is 15.5. The van der Waals surface area contributed by atoms with Crippen LogP contribution in [0.3, 0.4) is 0 Å². The highest BCUT2D eigenvalue weighted by Gasteiger charge is 2.32. The second kappa shape index (κ2) is 19.0. The molecule has 2 N–H and O–H groups in total. The minimum atomic E-state index is -4.36. The third-order valence-electron chi connectivity index (χ3n) is 8.64. The van der Waals surface area contributed by atoms with Gasteiger partial charge >= 0.3 is 17.4 Å². The first-order valence-corrected chi connectivity index (χ1v) is 19.2. The van der Waals surface area contributed by atoms with Gasteiger partial charge in [-0.05, 0) is 138 Å². The van der Waals surface area contributed by atoms with E-state index in [2.05, 4.69) is 15.9 Å². The number of aliphatic carboxylic acids is 2. The number of rotatable bonds is 15. The topological polar surface area (TPSA) is 127 Å². The molecule has 8 nitrogen and oxygen atoms in total. The number of carboxylic acids is 2. The molecule has 0 radical (unpaired) electrons. The number of carbonyl (C=O) groups is 4. The van der Waals surface area contributed by atoms with Gasteiger partial charge in [-0.3, -0.25) is 9.59 Å². The smallest absolute Gasteiger partial charge is 0.446 e. The molecule has 4 aromatic rings.